The summed E-state index contributed by atoms with van der Waals surface area (Å²) in [4.78, 5) is 14.9. The van der Waals surface area contributed by atoms with Crippen molar-refractivity contribution in [2.45, 2.75) is 32.2 Å². The van der Waals surface area contributed by atoms with Crippen molar-refractivity contribution in [3.8, 4) is 17.2 Å². The minimum Gasteiger partial charge on any atom is -0.496 e. The van der Waals surface area contributed by atoms with E-state index >= 15 is 0 Å². The van der Waals surface area contributed by atoms with Gasteiger partial charge in [-0.25, -0.2) is 0 Å². The Morgan fingerprint density at radius 3 is 2.42 bits per heavy atom. The third kappa shape index (κ3) is 4.32. The zero-order valence-corrected chi connectivity index (χ0v) is 15.1. The lowest BCUT2D eigenvalue weighted by atomic mass is 10.0. The first-order chi connectivity index (χ1) is 11.6. The van der Waals surface area contributed by atoms with Crippen molar-refractivity contribution in [1.82, 2.24) is 10.2 Å². The van der Waals surface area contributed by atoms with Crippen LogP contribution in [0.2, 0.25) is 0 Å². The van der Waals surface area contributed by atoms with E-state index in [2.05, 4.69) is 17.1 Å². The van der Waals surface area contributed by atoms with Crippen molar-refractivity contribution < 1.29 is 19.0 Å². The minimum absolute atomic E-state index is 0.169. The normalized spacial score (nSPS) is 18.1. The molecule has 1 fully saturated rings. The van der Waals surface area contributed by atoms with E-state index in [1.807, 2.05) is 0 Å². The largest absolute Gasteiger partial charge is 0.496 e. The number of hydrogen-bond acceptors (Lipinski definition) is 5. The maximum absolute atomic E-state index is 12.5. The molecule has 1 unspecified atom stereocenters. The molecule has 134 valence electrons. The molecular formula is C18H28N2O4. The number of hydrogen-bond donors (Lipinski definition) is 1. The predicted molar refractivity (Wildman–Crippen MR) is 93.3 cm³/mol. The standard InChI is InChI=1S/C18H28N2O4/c1-13-7-5-6-9-20(13)10-8-19-18(21)14-11-16(23-3)17(24-4)12-15(14)22-2/h11-13H,5-10H2,1-4H3,(H,19,21). The predicted octanol–water partition coefficient (Wildman–Crippen LogP) is 2.32. The molecule has 1 aromatic rings. The van der Waals surface area contributed by atoms with Crippen LogP contribution in [-0.4, -0.2) is 57.8 Å². The minimum atomic E-state index is -0.169. The van der Waals surface area contributed by atoms with E-state index in [0.717, 1.165) is 13.1 Å². The fourth-order valence-electron chi connectivity index (χ4n) is 3.10. The van der Waals surface area contributed by atoms with E-state index in [4.69, 9.17) is 14.2 Å². The number of benzene rings is 1. The molecule has 1 aliphatic heterocycles. The average molecular weight is 336 g/mol. The first kappa shape index (κ1) is 18.4. The lowest BCUT2D eigenvalue weighted by Gasteiger charge is -2.33. The van der Waals surface area contributed by atoms with Crippen molar-refractivity contribution in [3.63, 3.8) is 0 Å². The van der Waals surface area contributed by atoms with Crippen LogP contribution in [0, 0.1) is 0 Å². The summed E-state index contributed by atoms with van der Waals surface area (Å²) < 4.78 is 15.8. The number of ether oxygens (including phenoxy) is 3. The highest BCUT2D eigenvalue weighted by molar-refractivity contribution is 5.97. The summed E-state index contributed by atoms with van der Waals surface area (Å²) in [7, 11) is 4.63. The monoisotopic (exact) mass is 336 g/mol. The third-order valence-electron chi connectivity index (χ3n) is 4.58. The molecule has 0 radical (unpaired) electrons. The number of piperidine rings is 1. The van der Waals surface area contributed by atoms with Crippen LogP contribution in [0.5, 0.6) is 17.2 Å². The number of carbonyl (C=O) groups excluding carboxylic acids is 1. The Bertz CT molecular complexity index is 562. The highest BCUT2D eigenvalue weighted by Gasteiger charge is 2.20. The molecule has 1 atom stereocenters. The number of amides is 1. The molecule has 1 N–H and O–H groups in total. The number of likely N-dealkylation sites (tertiary alicyclic amines) is 1. The molecule has 0 aliphatic carbocycles. The van der Waals surface area contributed by atoms with Crippen LogP contribution in [0.15, 0.2) is 12.1 Å². The van der Waals surface area contributed by atoms with Crippen LogP contribution >= 0.6 is 0 Å². The summed E-state index contributed by atoms with van der Waals surface area (Å²) in [5, 5.41) is 2.97. The van der Waals surface area contributed by atoms with Crippen LogP contribution in [0.4, 0.5) is 0 Å². The smallest absolute Gasteiger partial charge is 0.255 e. The Morgan fingerprint density at radius 1 is 1.12 bits per heavy atom. The average Bonchev–Trinajstić information content (AvgIpc) is 2.61. The van der Waals surface area contributed by atoms with Gasteiger partial charge in [-0.05, 0) is 26.3 Å². The Hall–Kier alpha value is -1.95. The summed E-state index contributed by atoms with van der Waals surface area (Å²) in [5.41, 5.74) is 0.446. The molecule has 2 rings (SSSR count). The quantitative estimate of drug-likeness (QED) is 0.828. The van der Waals surface area contributed by atoms with Crippen LogP contribution < -0.4 is 19.5 Å². The van der Waals surface area contributed by atoms with E-state index < -0.39 is 0 Å². The molecule has 1 aromatic carbocycles. The molecule has 0 spiro atoms. The van der Waals surface area contributed by atoms with Gasteiger partial charge < -0.3 is 19.5 Å². The van der Waals surface area contributed by atoms with Crippen molar-refractivity contribution in [3.05, 3.63) is 17.7 Å². The van der Waals surface area contributed by atoms with Gasteiger partial charge in [0.05, 0.1) is 26.9 Å². The van der Waals surface area contributed by atoms with E-state index in [-0.39, 0.29) is 5.91 Å². The van der Waals surface area contributed by atoms with Gasteiger partial charge in [-0.3, -0.25) is 9.69 Å². The number of nitrogens with one attached hydrogen (secondary N) is 1. The number of rotatable bonds is 7. The van der Waals surface area contributed by atoms with Gasteiger partial charge in [0.1, 0.15) is 5.75 Å². The summed E-state index contributed by atoms with van der Waals surface area (Å²) in [6.07, 6.45) is 3.77. The van der Waals surface area contributed by atoms with Crippen molar-refractivity contribution in [2.75, 3.05) is 41.0 Å². The SMILES string of the molecule is COc1cc(OC)c(C(=O)NCCN2CCCCC2C)cc1OC. The van der Waals surface area contributed by atoms with E-state index in [0.29, 0.717) is 35.4 Å². The summed E-state index contributed by atoms with van der Waals surface area (Å²) in [5.74, 6) is 1.34. The number of nitrogens with zero attached hydrogens (tertiary/aromatic N) is 1. The highest BCUT2D eigenvalue weighted by Crippen LogP contribution is 2.34. The van der Waals surface area contributed by atoms with Crippen LogP contribution in [0.1, 0.15) is 36.5 Å². The van der Waals surface area contributed by atoms with Crippen molar-refractivity contribution >= 4 is 5.91 Å². The van der Waals surface area contributed by atoms with Crippen LogP contribution in [0.25, 0.3) is 0 Å². The topological polar surface area (TPSA) is 60.0 Å². The second-order valence-electron chi connectivity index (χ2n) is 6.04. The van der Waals surface area contributed by atoms with Gasteiger partial charge in [0, 0.05) is 31.3 Å². The molecule has 0 bridgehead atoms. The molecule has 24 heavy (non-hydrogen) atoms. The summed E-state index contributed by atoms with van der Waals surface area (Å²) in [6.45, 7) is 4.83. The van der Waals surface area contributed by atoms with Gasteiger partial charge >= 0.3 is 0 Å². The maximum Gasteiger partial charge on any atom is 0.255 e. The molecule has 0 saturated carbocycles. The molecule has 1 heterocycles. The van der Waals surface area contributed by atoms with E-state index in [1.54, 1.807) is 26.4 Å². The van der Waals surface area contributed by atoms with Gasteiger partial charge in [-0.1, -0.05) is 6.42 Å². The highest BCUT2D eigenvalue weighted by atomic mass is 16.5. The summed E-state index contributed by atoms with van der Waals surface area (Å²) in [6, 6.07) is 3.91. The van der Waals surface area contributed by atoms with Crippen LogP contribution in [0.3, 0.4) is 0 Å². The first-order valence-corrected chi connectivity index (χ1v) is 8.43. The fraction of sp³-hybridized carbons (Fsp3) is 0.611. The molecule has 6 heteroatoms. The Kier molecular flexibility index (Phi) is 6.73. The molecule has 1 aliphatic rings. The number of methoxy groups -OCH3 is 3. The third-order valence-corrected chi connectivity index (χ3v) is 4.58. The van der Waals surface area contributed by atoms with Gasteiger partial charge in [-0.2, -0.15) is 0 Å². The van der Waals surface area contributed by atoms with Crippen LogP contribution in [-0.2, 0) is 0 Å². The second-order valence-corrected chi connectivity index (χ2v) is 6.04. The first-order valence-electron chi connectivity index (χ1n) is 8.43. The molecular weight excluding hydrogens is 308 g/mol. The Morgan fingerprint density at radius 2 is 1.79 bits per heavy atom. The van der Waals surface area contributed by atoms with Gasteiger partial charge in [0.15, 0.2) is 11.5 Å². The van der Waals surface area contributed by atoms with Crippen molar-refractivity contribution in [2.24, 2.45) is 0 Å². The Balaban J connectivity index is 2.00. The Labute approximate surface area is 144 Å². The molecule has 1 amide bonds. The van der Waals surface area contributed by atoms with Gasteiger partial charge in [-0.15, -0.1) is 0 Å². The van der Waals surface area contributed by atoms with Crippen molar-refractivity contribution in [1.29, 1.82) is 0 Å². The zero-order valence-electron chi connectivity index (χ0n) is 15.1. The van der Waals surface area contributed by atoms with E-state index in [9.17, 15) is 4.79 Å². The van der Waals surface area contributed by atoms with E-state index in [1.165, 1.54) is 26.4 Å². The number of carbonyl (C=O) groups is 1. The second kappa shape index (κ2) is 8.78. The molecule has 6 nitrogen and oxygen atoms in total. The fourth-order valence-corrected chi connectivity index (χ4v) is 3.10. The molecule has 1 saturated heterocycles. The molecule has 0 aromatic heterocycles. The lowest BCUT2D eigenvalue weighted by molar-refractivity contribution is 0.0935. The lowest BCUT2D eigenvalue weighted by Crippen LogP contribution is -2.42. The maximum atomic E-state index is 12.5. The van der Waals surface area contributed by atoms with Gasteiger partial charge in [0.2, 0.25) is 0 Å². The van der Waals surface area contributed by atoms with Gasteiger partial charge in [0.25, 0.3) is 5.91 Å². The zero-order chi connectivity index (χ0) is 17.5. The summed E-state index contributed by atoms with van der Waals surface area (Å²) >= 11 is 0.